The van der Waals surface area contributed by atoms with E-state index in [2.05, 4.69) is 45.2 Å². The highest BCUT2D eigenvalue weighted by Gasteiger charge is 2.20. The molecule has 1 unspecified atom stereocenters. The highest BCUT2D eigenvalue weighted by molar-refractivity contribution is 14.0. The lowest BCUT2D eigenvalue weighted by atomic mass is 9.83. The van der Waals surface area contributed by atoms with Crippen molar-refractivity contribution in [3.05, 3.63) is 35.4 Å². The van der Waals surface area contributed by atoms with Gasteiger partial charge in [-0.15, -0.1) is 24.0 Å². The summed E-state index contributed by atoms with van der Waals surface area (Å²) in [6.45, 7) is 6.96. The molecule has 0 saturated carbocycles. The van der Waals surface area contributed by atoms with Crippen molar-refractivity contribution in [2.24, 2.45) is 4.99 Å². The van der Waals surface area contributed by atoms with Crippen LogP contribution in [0.3, 0.4) is 0 Å². The van der Waals surface area contributed by atoms with Crippen LogP contribution in [0.5, 0.6) is 0 Å². The largest absolute Gasteiger partial charge is 0.356 e. The summed E-state index contributed by atoms with van der Waals surface area (Å²) in [6, 6.07) is 8.68. The van der Waals surface area contributed by atoms with E-state index in [1.807, 2.05) is 20.8 Å². The molecule has 0 heterocycles. The highest BCUT2D eigenvalue weighted by Crippen LogP contribution is 2.30. The van der Waals surface area contributed by atoms with Gasteiger partial charge in [-0.3, -0.25) is 9.79 Å². The van der Waals surface area contributed by atoms with Crippen LogP contribution in [0.15, 0.2) is 29.3 Å². The third-order valence-corrected chi connectivity index (χ3v) is 4.16. The van der Waals surface area contributed by atoms with Crippen molar-refractivity contribution >= 4 is 35.8 Å². The third-order valence-electron chi connectivity index (χ3n) is 4.16. The fraction of sp³-hybridized carbons (Fsp3) is 0.579. The average molecular weight is 458 g/mol. The van der Waals surface area contributed by atoms with Crippen LogP contribution in [0.4, 0.5) is 0 Å². The average Bonchev–Trinajstić information content (AvgIpc) is 2.53. The Labute approximate surface area is 168 Å². The van der Waals surface area contributed by atoms with Gasteiger partial charge in [0.05, 0.1) is 6.54 Å². The van der Waals surface area contributed by atoms with Gasteiger partial charge in [-0.1, -0.05) is 24.3 Å². The number of halogens is 1. The number of aliphatic imine (C=N–C) groups is 1. The van der Waals surface area contributed by atoms with Crippen molar-refractivity contribution in [2.45, 2.75) is 51.5 Å². The fourth-order valence-corrected chi connectivity index (χ4v) is 3.13. The van der Waals surface area contributed by atoms with Gasteiger partial charge in [0.15, 0.2) is 5.96 Å². The van der Waals surface area contributed by atoms with E-state index in [1.54, 1.807) is 7.05 Å². The fourth-order valence-electron chi connectivity index (χ4n) is 3.13. The second-order valence-corrected chi connectivity index (χ2v) is 7.39. The third kappa shape index (κ3) is 7.22. The van der Waals surface area contributed by atoms with E-state index in [-0.39, 0.29) is 42.0 Å². The quantitative estimate of drug-likeness (QED) is 0.370. The molecule has 0 bridgehead atoms. The lowest BCUT2D eigenvalue weighted by Crippen LogP contribution is -2.48. The van der Waals surface area contributed by atoms with Crippen molar-refractivity contribution in [3.63, 3.8) is 0 Å². The van der Waals surface area contributed by atoms with Crippen LogP contribution in [0, 0.1) is 0 Å². The Hall–Kier alpha value is -1.31. The van der Waals surface area contributed by atoms with Crippen LogP contribution >= 0.6 is 24.0 Å². The monoisotopic (exact) mass is 458 g/mol. The Morgan fingerprint density at radius 1 is 1.24 bits per heavy atom. The molecule has 3 N–H and O–H groups in total. The lowest BCUT2D eigenvalue weighted by Gasteiger charge is -2.26. The molecule has 0 aromatic heterocycles. The number of benzene rings is 1. The molecule has 25 heavy (non-hydrogen) atoms. The molecule has 0 spiro atoms. The van der Waals surface area contributed by atoms with E-state index in [1.165, 1.54) is 30.4 Å². The van der Waals surface area contributed by atoms with Crippen molar-refractivity contribution in [3.8, 4) is 0 Å². The molecule has 6 heteroatoms. The molecule has 140 valence electrons. The van der Waals surface area contributed by atoms with E-state index in [0.29, 0.717) is 11.9 Å². The van der Waals surface area contributed by atoms with Crippen LogP contribution in [0.1, 0.15) is 50.7 Å². The first-order valence-corrected chi connectivity index (χ1v) is 8.72. The summed E-state index contributed by atoms with van der Waals surface area (Å²) >= 11 is 0. The number of carbonyl (C=O) groups excluding carboxylic acids is 1. The SMILES string of the molecule is CN=C(NCC(=O)NC(C)(C)C)NCC1CCCc2ccccc21.I. The van der Waals surface area contributed by atoms with Crippen molar-refractivity contribution < 1.29 is 4.79 Å². The molecule has 1 aromatic rings. The molecule has 1 aliphatic rings. The van der Waals surface area contributed by atoms with Crippen LogP contribution in [-0.2, 0) is 11.2 Å². The summed E-state index contributed by atoms with van der Waals surface area (Å²) < 4.78 is 0. The van der Waals surface area contributed by atoms with Gasteiger partial charge < -0.3 is 16.0 Å². The summed E-state index contributed by atoms with van der Waals surface area (Å²) in [6.07, 6.45) is 3.58. The summed E-state index contributed by atoms with van der Waals surface area (Å²) in [7, 11) is 1.73. The number of rotatable bonds is 4. The predicted octanol–water partition coefficient (Wildman–Crippen LogP) is 2.80. The molecule has 1 atom stereocenters. The van der Waals surface area contributed by atoms with Crippen molar-refractivity contribution in [2.75, 3.05) is 20.1 Å². The minimum Gasteiger partial charge on any atom is -0.356 e. The minimum atomic E-state index is -0.221. The van der Waals surface area contributed by atoms with Crippen LogP contribution in [0.2, 0.25) is 0 Å². The topological polar surface area (TPSA) is 65.5 Å². The maximum atomic E-state index is 11.9. The zero-order valence-electron chi connectivity index (χ0n) is 15.7. The van der Waals surface area contributed by atoms with Crippen molar-refractivity contribution in [1.82, 2.24) is 16.0 Å². The first-order chi connectivity index (χ1) is 11.4. The Morgan fingerprint density at radius 2 is 1.96 bits per heavy atom. The van der Waals surface area contributed by atoms with E-state index in [9.17, 15) is 4.79 Å². The number of nitrogens with zero attached hydrogens (tertiary/aromatic N) is 1. The van der Waals surface area contributed by atoms with Gasteiger partial charge in [-0.25, -0.2) is 0 Å². The molecule has 0 fully saturated rings. The zero-order valence-corrected chi connectivity index (χ0v) is 18.0. The normalized spacial score (nSPS) is 17.1. The van der Waals surface area contributed by atoms with Crippen LogP contribution in [-0.4, -0.2) is 37.5 Å². The van der Waals surface area contributed by atoms with Crippen LogP contribution < -0.4 is 16.0 Å². The Morgan fingerprint density at radius 3 is 2.64 bits per heavy atom. The molecule has 1 aromatic carbocycles. The molecule has 0 saturated heterocycles. The number of amides is 1. The molecule has 1 amide bonds. The maximum Gasteiger partial charge on any atom is 0.239 e. The molecule has 0 aliphatic heterocycles. The molecular weight excluding hydrogens is 427 g/mol. The second kappa shape index (κ2) is 9.99. The highest BCUT2D eigenvalue weighted by atomic mass is 127. The van der Waals surface area contributed by atoms with Gasteiger partial charge in [-0.05, 0) is 51.2 Å². The Bertz CT molecular complexity index is 595. The molecule has 0 radical (unpaired) electrons. The van der Waals surface area contributed by atoms with Gasteiger partial charge in [-0.2, -0.15) is 0 Å². The lowest BCUT2D eigenvalue weighted by molar-refractivity contribution is -0.121. The number of hydrogen-bond acceptors (Lipinski definition) is 2. The van der Waals surface area contributed by atoms with E-state index < -0.39 is 0 Å². The molecule has 5 nitrogen and oxygen atoms in total. The Kier molecular flexibility index (Phi) is 8.68. The Balaban J connectivity index is 0.00000312. The van der Waals surface area contributed by atoms with Gasteiger partial charge in [0, 0.05) is 25.0 Å². The molecular formula is C19H31IN4O. The summed E-state index contributed by atoms with van der Waals surface area (Å²) in [4.78, 5) is 16.1. The minimum absolute atomic E-state index is 0. The molecule has 1 aliphatic carbocycles. The molecule has 2 rings (SSSR count). The van der Waals surface area contributed by atoms with Gasteiger partial charge in [0.1, 0.15) is 0 Å². The number of guanidine groups is 1. The number of carbonyl (C=O) groups is 1. The number of fused-ring (bicyclic) bond motifs is 1. The second-order valence-electron chi connectivity index (χ2n) is 7.39. The predicted molar refractivity (Wildman–Crippen MR) is 115 cm³/mol. The maximum absolute atomic E-state index is 11.9. The number of aryl methyl sites for hydroxylation is 1. The van der Waals surface area contributed by atoms with Gasteiger partial charge >= 0.3 is 0 Å². The first kappa shape index (κ1) is 21.7. The number of nitrogens with one attached hydrogen (secondary N) is 3. The number of hydrogen-bond donors (Lipinski definition) is 3. The van der Waals surface area contributed by atoms with Gasteiger partial charge in [0.25, 0.3) is 0 Å². The smallest absolute Gasteiger partial charge is 0.239 e. The van der Waals surface area contributed by atoms with Crippen LogP contribution in [0.25, 0.3) is 0 Å². The van der Waals surface area contributed by atoms with Crippen molar-refractivity contribution in [1.29, 1.82) is 0 Å². The van der Waals surface area contributed by atoms with E-state index in [0.717, 1.165) is 6.54 Å². The van der Waals surface area contributed by atoms with E-state index in [4.69, 9.17) is 0 Å². The van der Waals surface area contributed by atoms with E-state index >= 15 is 0 Å². The summed E-state index contributed by atoms with van der Waals surface area (Å²) in [5.74, 6) is 1.13. The summed E-state index contributed by atoms with van der Waals surface area (Å²) in [5.41, 5.74) is 2.68. The first-order valence-electron chi connectivity index (χ1n) is 8.72. The summed E-state index contributed by atoms with van der Waals surface area (Å²) in [5, 5.41) is 9.37. The van der Waals surface area contributed by atoms with Gasteiger partial charge in [0.2, 0.25) is 5.91 Å². The zero-order chi connectivity index (χ0) is 17.6. The standard InChI is InChI=1S/C19H30N4O.HI/c1-19(2,3)23-17(24)13-22-18(20-4)21-12-15-10-7-9-14-8-5-6-11-16(14)15;/h5-6,8,11,15H,7,9-10,12-13H2,1-4H3,(H,23,24)(H2,20,21,22);1H.